The molecule has 2 aromatic heterocycles. The van der Waals surface area contributed by atoms with Gasteiger partial charge in [0.25, 0.3) is 0 Å². The summed E-state index contributed by atoms with van der Waals surface area (Å²) in [6.45, 7) is 2.00. The molecule has 0 saturated carbocycles. The summed E-state index contributed by atoms with van der Waals surface area (Å²) in [6, 6.07) is 9.66. The standard InChI is InChI=1S/C14H13NO2/c1-3-12-14-10(8-13(16)17-12)9-6-4-5-7-11(9)15(14)2/h4-8H,3H2,1-2H3. The second kappa shape index (κ2) is 3.48. The van der Waals surface area contributed by atoms with Gasteiger partial charge < -0.3 is 8.98 Å². The maximum absolute atomic E-state index is 11.5. The van der Waals surface area contributed by atoms with Crippen LogP contribution in [0.5, 0.6) is 0 Å². The molecule has 0 aliphatic rings. The average molecular weight is 227 g/mol. The Bertz CT molecular complexity index is 765. The Kier molecular flexibility index (Phi) is 2.08. The lowest BCUT2D eigenvalue weighted by molar-refractivity contribution is 0.470. The van der Waals surface area contributed by atoms with Crippen molar-refractivity contribution in [1.82, 2.24) is 4.57 Å². The third-order valence-corrected chi connectivity index (χ3v) is 3.22. The Morgan fingerprint density at radius 1 is 1.24 bits per heavy atom. The van der Waals surface area contributed by atoms with Crippen LogP contribution in [0.1, 0.15) is 12.7 Å². The molecule has 0 amide bonds. The maximum atomic E-state index is 11.5. The monoisotopic (exact) mass is 227 g/mol. The van der Waals surface area contributed by atoms with Crippen molar-refractivity contribution in [2.75, 3.05) is 0 Å². The van der Waals surface area contributed by atoms with Gasteiger partial charge in [0.2, 0.25) is 0 Å². The van der Waals surface area contributed by atoms with Crippen molar-refractivity contribution in [3.8, 4) is 0 Å². The van der Waals surface area contributed by atoms with Crippen LogP contribution in [0, 0.1) is 0 Å². The zero-order valence-electron chi connectivity index (χ0n) is 9.86. The van der Waals surface area contributed by atoms with E-state index in [4.69, 9.17) is 4.42 Å². The van der Waals surface area contributed by atoms with E-state index in [-0.39, 0.29) is 5.63 Å². The zero-order chi connectivity index (χ0) is 12.0. The van der Waals surface area contributed by atoms with Crippen molar-refractivity contribution in [3.05, 3.63) is 46.5 Å². The maximum Gasteiger partial charge on any atom is 0.336 e. The van der Waals surface area contributed by atoms with Crippen LogP contribution in [0.4, 0.5) is 0 Å². The van der Waals surface area contributed by atoms with E-state index in [2.05, 4.69) is 10.6 Å². The van der Waals surface area contributed by atoms with Gasteiger partial charge in [0.05, 0.1) is 5.52 Å². The predicted octanol–water partition coefficient (Wildman–Crippen LogP) is 2.85. The molecule has 17 heavy (non-hydrogen) atoms. The van der Waals surface area contributed by atoms with E-state index in [1.807, 2.05) is 32.2 Å². The third-order valence-electron chi connectivity index (χ3n) is 3.22. The Morgan fingerprint density at radius 3 is 2.76 bits per heavy atom. The molecule has 3 rings (SSSR count). The van der Waals surface area contributed by atoms with E-state index in [0.29, 0.717) is 0 Å². The normalized spacial score (nSPS) is 11.4. The SMILES string of the molecule is CCc1oc(=O)cc2c3ccccc3n(C)c12. The van der Waals surface area contributed by atoms with Crippen molar-refractivity contribution >= 4 is 21.8 Å². The molecule has 0 unspecified atom stereocenters. The molecule has 0 N–H and O–H groups in total. The van der Waals surface area contributed by atoms with E-state index in [1.54, 1.807) is 6.07 Å². The summed E-state index contributed by atoms with van der Waals surface area (Å²) in [4.78, 5) is 11.5. The molecule has 0 radical (unpaired) electrons. The number of fused-ring (bicyclic) bond motifs is 3. The van der Waals surface area contributed by atoms with Gasteiger partial charge in [0.15, 0.2) is 0 Å². The van der Waals surface area contributed by atoms with Gasteiger partial charge in [0.1, 0.15) is 5.76 Å². The molecule has 0 fully saturated rings. The molecule has 0 bridgehead atoms. The highest BCUT2D eigenvalue weighted by atomic mass is 16.4. The lowest BCUT2D eigenvalue weighted by Gasteiger charge is -2.01. The van der Waals surface area contributed by atoms with E-state index >= 15 is 0 Å². The van der Waals surface area contributed by atoms with Gasteiger partial charge in [-0.25, -0.2) is 4.79 Å². The lowest BCUT2D eigenvalue weighted by atomic mass is 10.1. The first-order valence-electron chi connectivity index (χ1n) is 5.72. The quantitative estimate of drug-likeness (QED) is 0.640. The third kappa shape index (κ3) is 1.32. The molecule has 3 aromatic rings. The summed E-state index contributed by atoms with van der Waals surface area (Å²) >= 11 is 0. The number of hydrogen-bond acceptors (Lipinski definition) is 2. The zero-order valence-corrected chi connectivity index (χ0v) is 9.86. The molecular weight excluding hydrogens is 214 g/mol. The van der Waals surface area contributed by atoms with Crippen molar-refractivity contribution < 1.29 is 4.42 Å². The molecule has 86 valence electrons. The Morgan fingerprint density at radius 2 is 2.00 bits per heavy atom. The first-order valence-corrected chi connectivity index (χ1v) is 5.72. The van der Waals surface area contributed by atoms with Crippen LogP contribution < -0.4 is 5.63 Å². The molecule has 0 spiro atoms. The van der Waals surface area contributed by atoms with E-state index < -0.39 is 0 Å². The van der Waals surface area contributed by atoms with Crippen molar-refractivity contribution in [3.63, 3.8) is 0 Å². The fourth-order valence-corrected chi connectivity index (χ4v) is 2.46. The number of nitrogens with zero attached hydrogens (tertiary/aromatic N) is 1. The smallest absolute Gasteiger partial charge is 0.336 e. The van der Waals surface area contributed by atoms with Crippen LogP contribution in [0.15, 0.2) is 39.5 Å². The molecular formula is C14H13NO2. The topological polar surface area (TPSA) is 35.1 Å². The van der Waals surface area contributed by atoms with Crippen LogP contribution in [0.25, 0.3) is 21.8 Å². The number of para-hydroxylation sites is 1. The van der Waals surface area contributed by atoms with E-state index in [9.17, 15) is 4.79 Å². The van der Waals surface area contributed by atoms with Crippen molar-refractivity contribution in [2.45, 2.75) is 13.3 Å². The van der Waals surface area contributed by atoms with Gasteiger partial charge in [-0.15, -0.1) is 0 Å². The fraction of sp³-hybridized carbons (Fsp3) is 0.214. The first kappa shape index (κ1) is 10.1. The average Bonchev–Trinajstić information content (AvgIpc) is 2.63. The predicted molar refractivity (Wildman–Crippen MR) is 68.3 cm³/mol. The van der Waals surface area contributed by atoms with Crippen molar-refractivity contribution in [2.24, 2.45) is 7.05 Å². The van der Waals surface area contributed by atoms with Gasteiger partial charge in [-0.1, -0.05) is 25.1 Å². The molecule has 0 saturated heterocycles. The number of rotatable bonds is 1. The molecule has 1 aromatic carbocycles. The molecule has 3 nitrogen and oxygen atoms in total. The second-order valence-electron chi connectivity index (χ2n) is 4.18. The number of benzene rings is 1. The van der Waals surface area contributed by atoms with E-state index in [1.165, 1.54) is 0 Å². The lowest BCUT2D eigenvalue weighted by Crippen LogP contribution is -2.01. The second-order valence-corrected chi connectivity index (χ2v) is 4.18. The molecule has 0 aliphatic carbocycles. The largest absolute Gasteiger partial charge is 0.426 e. The fourth-order valence-electron chi connectivity index (χ4n) is 2.46. The van der Waals surface area contributed by atoms with Gasteiger partial charge in [0, 0.05) is 35.8 Å². The minimum atomic E-state index is -0.272. The highest BCUT2D eigenvalue weighted by Crippen LogP contribution is 2.29. The number of hydrogen-bond donors (Lipinski definition) is 0. The Hall–Kier alpha value is -2.03. The highest BCUT2D eigenvalue weighted by Gasteiger charge is 2.13. The molecule has 2 heterocycles. The Labute approximate surface area is 98.3 Å². The summed E-state index contributed by atoms with van der Waals surface area (Å²) in [5, 5.41) is 2.09. The minimum absolute atomic E-state index is 0.272. The van der Waals surface area contributed by atoms with Crippen LogP contribution >= 0.6 is 0 Å². The van der Waals surface area contributed by atoms with Gasteiger partial charge >= 0.3 is 5.63 Å². The number of aromatic nitrogens is 1. The van der Waals surface area contributed by atoms with E-state index in [0.717, 1.165) is 34.0 Å². The molecule has 0 atom stereocenters. The summed E-state index contributed by atoms with van der Waals surface area (Å²) in [6.07, 6.45) is 0.719. The van der Waals surface area contributed by atoms with Crippen molar-refractivity contribution in [1.29, 1.82) is 0 Å². The van der Waals surface area contributed by atoms with Crippen LogP contribution in [0.2, 0.25) is 0 Å². The minimum Gasteiger partial charge on any atom is -0.426 e. The summed E-state index contributed by atoms with van der Waals surface area (Å²) < 4.78 is 7.36. The molecule has 0 aliphatic heterocycles. The summed E-state index contributed by atoms with van der Waals surface area (Å²) in [5.74, 6) is 0.756. The number of aryl methyl sites for hydroxylation is 2. The first-order chi connectivity index (χ1) is 8.22. The molecule has 3 heteroatoms. The van der Waals surface area contributed by atoms with Crippen LogP contribution in [-0.4, -0.2) is 4.57 Å². The summed E-state index contributed by atoms with van der Waals surface area (Å²) in [5.41, 5.74) is 1.87. The van der Waals surface area contributed by atoms with Gasteiger partial charge in [-0.3, -0.25) is 0 Å². The van der Waals surface area contributed by atoms with Gasteiger partial charge in [-0.2, -0.15) is 0 Å². The van der Waals surface area contributed by atoms with Crippen LogP contribution in [-0.2, 0) is 13.5 Å². The van der Waals surface area contributed by atoms with Gasteiger partial charge in [-0.05, 0) is 6.07 Å². The summed E-state index contributed by atoms with van der Waals surface area (Å²) in [7, 11) is 2.00. The van der Waals surface area contributed by atoms with Crippen LogP contribution in [0.3, 0.4) is 0 Å². The Balaban J connectivity index is 2.66. The highest BCUT2D eigenvalue weighted by molar-refractivity contribution is 6.08.